The molecule has 0 fully saturated rings. The Hall–Kier alpha value is -2.79. The van der Waals surface area contributed by atoms with E-state index >= 15 is 0 Å². The lowest BCUT2D eigenvalue weighted by Crippen LogP contribution is -1.99. The Morgan fingerprint density at radius 2 is 2.06 bits per heavy atom. The number of hydrogen-bond donors (Lipinski definition) is 1. The van der Waals surface area contributed by atoms with Gasteiger partial charge in [-0.25, -0.2) is 0 Å². The largest absolute Gasteiger partial charge is 0.381 e. The predicted octanol–water partition coefficient (Wildman–Crippen LogP) is 1.78. The maximum absolute atomic E-state index is 8.92. The number of nitrogens with zero attached hydrogens (tertiary/aromatic N) is 4. The zero-order valence-electron chi connectivity index (χ0n) is 9.88. The molecule has 1 N–H and O–H groups in total. The Morgan fingerprint density at radius 3 is 2.67 bits per heavy atom. The SMILES string of the molecule is Cn1cc(CNc2ccc(C#N)c(C#N)c2)cn1. The van der Waals surface area contributed by atoms with Gasteiger partial charge in [0, 0.05) is 31.0 Å². The Kier molecular flexibility index (Phi) is 3.26. The van der Waals surface area contributed by atoms with E-state index in [0.717, 1.165) is 11.3 Å². The first-order valence-electron chi connectivity index (χ1n) is 5.38. The van der Waals surface area contributed by atoms with E-state index in [9.17, 15) is 0 Å². The smallest absolute Gasteiger partial charge is 0.101 e. The van der Waals surface area contributed by atoms with Crippen molar-refractivity contribution in [3.8, 4) is 12.1 Å². The van der Waals surface area contributed by atoms with E-state index in [1.807, 2.05) is 25.4 Å². The summed E-state index contributed by atoms with van der Waals surface area (Å²) in [5.74, 6) is 0. The lowest BCUT2D eigenvalue weighted by atomic mass is 10.1. The fourth-order valence-electron chi connectivity index (χ4n) is 1.61. The molecule has 1 heterocycles. The minimum absolute atomic E-state index is 0.383. The van der Waals surface area contributed by atoms with E-state index in [2.05, 4.69) is 10.4 Å². The lowest BCUT2D eigenvalue weighted by molar-refractivity contribution is 0.767. The Balaban J connectivity index is 2.11. The lowest BCUT2D eigenvalue weighted by Gasteiger charge is -2.05. The number of rotatable bonds is 3. The van der Waals surface area contributed by atoms with Crippen molar-refractivity contribution in [2.75, 3.05) is 5.32 Å². The van der Waals surface area contributed by atoms with Gasteiger partial charge in [-0.15, -0.1) is 0 Å². The Morgan fingerprint density at radius 1 is 1.28 bits per heavy atom. The van der Waals surface area contributed by atoms with E-state index in [0.29, 0.717) is 17.7 Å². The summed E-state index contributed by atoms with van der Waals surface area (Å²) in [6.07, 6.45) is 3.70. The molecule has 2 rings (SSSR count). The summed E-state index contributed by atoms with van der Waals surface area (Å²) in [4.78, 5) is 0. The second-order valence-corrected chi connectivity index (χ2v) is 3.86. The van der Waals surface area contributed by atoms with Gasteiger partial charge in [0.15, 0.2) is 0 Å². The second-order valence-electron chi connectivity index (χ2n) is 3.86. The van der Waals surface area contributed by atoms with Gasteiger partial charge in [-0.2, -0.15) is 15.6 Å². The molecular weight excluding hydrogens is 226 g/mol. The monoisotopic (exact) mass is 237 g/mol. The van der Waals surface area contributed by atoms with Crippen LogP contribution >= 0.6 is 0 Å². The van der Waals surface area contributed by atoms with Crippen molar-refractivity contribution in [2.24, 2.45) is 7.05 Å². The van der Waals surface area contributed by atoms with E-state index in [-0.39, 0.29) is 0 Å². The van der Waals surface area contributed by atoms with Crippen molar-refractivity contribution in [3.05, 3.63) is 47.3 Å². The van der Waals surface area contributed by atoms with E-state index < -0.39 is 0 Å². The third-order valence-electron chi connectivity index (χ3n) is 2.52. The van der Waals surface area contributed by atoms with E-state index in [1.165, 1.54) is 0 Å². The van der Waals surface area contributed by atoms with Crippen molar-refractivity contribution < 1.29 is 0 Å². The van der Waals surface area contributed by atoms with Crippen LogP contribution < -0.4 is 5.32 Å². The van der Waals surface area contributed by atoms with Crippen molar-refractivity contribution >= 4 is 5.69 Å². The molecule has 2 aromatic rings. The molecule has 0 amide bonds. The van der Waals surface area contributed by atoms with Crippen LogP contribution in [0.1, 0.15) is 16.7 Å². The standard InChI is InChI=1S/C13H11N5/c1-18-9-10(8-17-18)7-16-13-3-2-11(5-14)12(4-13)6-15/h2-4,8-9,16H,7H2,1H3. The average molecular weight is 237 g/mol. The molecular formula is C13H11N5. The van der Waals surface area contributed by atoms with Gasteiger partial charge in [-0.1, -0.05) is 0 Å². The van der Waals surface area contributed by atoms with Crippen LogP contribution in [-0.4, -0.2) is 9.78 Å². The van der Waals surface area contributed by atoms with Crippen LogP contribution in [0.4, 0.5) is 5.69 Å². The molecule has 1 aromatic heterocycles. The van der Waals surface area contributed by atoms with Crippen LogP contribution in [0.3, 0.4) is 0 Å². The Labute approximate surface area is 105 Å². The summed E-state index contributed by atoms with van der Waals surface area (Å²) in [7, 11) is 1.86. The van der Waals surface area contributed by atoms with Gasteiger partial charge >= 0.3 is 0 Å². The molecule has 0 aliphatic rings. The molecule has 0 bridgehead atoms. The average Bonchev–Trinajstić information content (AvgIpc) is 2.81. The van der Waals surface area contributed by atoms with E-state index in [1.54, 1.807) is 29.1 Å². The first-order valence-corrected chi connectivity index (χ1v) is 5.38. The summed E-state index contributed by atoms with van der Waals surface area (Å²) in [5, 5.41) is 25.0. The number of hydrogen-bond acceptors (Lipinski definition) is 4. The number of aromatic nitrogens is 2. The highest BCUT2D eigenvalue weighted by atomic mass is 15.2. The molecule has 0 radical (unpaired) electrons. The summed E-state index contributed by atoms with van der Waals surface area (Å²) in [6, 6.07) is 9.10. The molecule has 5 heteroatoms. The van der Waals surface area contributed by atoms with Gasteiger partial charge in [0.2, 0.25) is 0 Å². The zero-order chi connectivity index (χ0) is 13.0. The van der Waals surface area contributed by atoms with Crippen LogP contribution in [0.25, 0.3) is 0 Å². The second kappa shape index (κ2) is 5.03. The highest BCUT2D eigenvalue weighted by molar-refractivity contribution is 5.56. The quantitative estimate of drug-likeness (QED) is 0.882. The molecule has 0 atom stereocenters. The normalized spacial score (nSPS) is 9.50. The summed E-state index contributed by atoms with van der Waals surface area (Å²) < 4.78 is 1.73. The topological polar surface area (TPSA) is 77.4 Å². The Bertz CT molecular complexity index is 642. The van der Waals surface area contributed by atoms with Crippen LogP contribution in [0.2, 0.25) is 0 Å². The van der Waals surface area contributed by atoms with Gasteiger partial charge < -0.3 is 5.32 Å². The molecule has 88 valence electrons. The maximum Gasteiger partial charge on any atom is 0.101 e. The van der Waals surface area contributed by atoms with Crippen LogP contribution in [0.15, 0.2) is 30.6 Å². The minimum atomic E-state index is 0.383. The van der Waals surface area contributed by atoms with Crippen molar-refractivity contribution in [3.63, 3.8) is 0 Å². The summed E-state index contributed by atoms with van der Waals surface area (Å²) in [5.41, 5.74) is 2.65. The number of aryl methyl sites for hydroxylation is 1. The fraction of sp³-hybridized carbons (Fsp3) is 0.154. The minimum Gasteiger partial charge on any atom is -0.381 e. The van der Waals surface area contributed by atoms with Gasteiger partial charge in [0.1, 0.15) is 12.1 Å². The number of nitriles is 2. The predicted molar refractivity (Wildman–Crippen MR) is 66.4 cm³/mol. The van der Waals surface area contributed by atoms with Crippen molar-refractivity contribution in [1.29, 1.82) is 10.5 Å². The van der Waals surface area contributed by atoms with Crippen LogP contribution in [0.5, 0.6) is 0 Å². The fourth-order valence-corrected chi connectivity index (χ4v) is 1.61. The number of anilines is 1. The van der Waals surface area contributed by atoms with Gasteiger partial charge in [0.25, 0.3) is 0 Å². The highest BCUT2D eigenvalue weighted by Crippen LogP contribution is 2.15. The summed E-state index contributed by atoms with van der Waals surface area (Å²) in [6.45, 7) is 0.630. The molecule has 0 unspecified atom stereocenters. The molecule has 5 nitrogen and oxygen atoms in total. The molecule has 1 aromatic carbocycles. The van der Waals surface area contributed by atoms with Crippen LogP contribution in [0, 0.1) is 22.7 Å². The number of nitrogens with one attached hydrogen (secondary N) is 1. The van der Waals surface area contributed by atoms with Crippen molar-refractivity contribution in [2.45, 2.75) is 6.54 Å². The molecule has 0 aliphatic heterocycles. The first-order chi connectivity index (χ1) is 8.72. The zero-order valence-corrected chi connectivity index (χ0v) is 9.88. The molecule has 0 saturated heterocycles. The number of benzene rings is 1. The molecule has 18 heavy (non-hydrogen) atoms. The van der Waals surface area contributed by atoms with Crippen molar-refractivity contribution in [1.82, 2.24) is 9.78 Å². The molecule has 0 saturated carbocycles. The third-order valence-corrected chi connectivity index (χ3v) is 2.52. The van der Waals surface area contributed by atoms with Gasteiger partial charge in [-0.3, -0.25) is 4.68 Å². The van der Waals surface area contributed by atoms with Gasteiger partial charge in [0.05, 0.1) is 17.3 Å². The first kappa shape index (κ1) is 11.7. The molecule has 0 aliphatic carbocycles. The van der Waals surface area contributed by atoms with Gasteiger partial charge in [-0.05, 0) is 18.2 Å². The third kappa shape index (κ3) is 2.47. The maximum atomic E-state index is 8.92. The molecule has 0 spiro atoms. The summed E-state index contributed by atoms with van der Waals surface area (Å²) >= 11 is 0. The van der Waals surface area contributed by atoms with Crippen LogP contribution in [-0.2, 0) is 13.6 Å². The van der Waals surface area contributed by atoms with E-state index in [4.69, 9.17) is 10.5 Å². The highest BCUT2D eigenvalue weighted by Gasteiger charge is 2.03.